The van der Waals surface area contributed by atoms with Gasteiger partial charge in [-0.3, -0.25) is 4.79 Å². The number of aromatic nitrogens is 1. The van der Waals surface area contributed by atoms with Crippen molar-refractivity contribution in [1.82, 2.24) is 4.98 Å². The Kier molecular flexibility index (Phi) is 4.60. The van der Waals surface area contributed by atoms with Crippen molar-refractivity contribution in [3.63, 3.8) is 0 Å². The molecule has 4 aromatic rings. The number of rotatable bonds is 3. The largest absolute Gasteiger partial charge is 0.496 e. The molecule has 0 saturated heterocycles. The van der Waals surface area contributed by atoms with Gasteiger partial charge >= 0.3 is 0 Å². The van der Waals surface area contributed by atoms with E-state index in [1.54, 1.807) is 7.11 Å². The molecule has 0 fully saturated rings. The maximum absolute atomic E-state index is 13.3. The summed E-state index contributed by atoms with van der Waals surface area (Å²) in [5, 5.41) is 1.47. The molecule has 150 valence electrons. The first-order valence-corrected chi connectivity index (χ1v) is 9.92. The summed E-state index contributed by atoms with van der Waals surface area (Å²) in [6, 6.07) is 18.7. The van der Waals surface area contributed by atoms with Gasteiger partial charge in [-0.1, -0.05) is 41.9 Å². The van der Waals surface area contributed by atoms with Gasteiger partial charge in [-0.2, -0.15) is 0 Å². The Morgan fingerprint density at radius 2 is 1.63 bits per heavy atom. The molecule has 1 aliphatic heterocycles. The van der Waals surface area contributed by atoms with Gasteiger partial charge < -0.3 is 19.2 Å². The van der Waals surface area contributed by atoms with E-state index in [2.05, 4.69) is 4.98 Å². The van der Waals surface area contributed by atoms with Crippen LogP contribution in [-0.4, -0.2) is 25.3 Å². The molecule has 1 aromatic heterocycles. The van der Waals surface area contributed by atoms with Crippen LogP contribution in [0.5, 0.6) is 17.2 Å². The van der Waals surface area contributed by atoms with Gasteiger partial charge in [0, 0.05) is 27.6 Å². The van der Waals surface area contributed by atoms with Gasteiger partial charge in [0.1, 0.15) is 19.0 Å². The average Bonchev–Trinajstić information content (AvgIpc) is 2.77. The molecular weight excluding hydrogens is 402 g/mol. The molecule has 0 amide bonds. The Hall–Kier alpha value is -3.44. The summed E-state index contributed by atoms with van der Waals surface area (Å²) in [6.07, 6.45) is 0. The van der Waals surface area contributed by atoms with E-state index in [4.69, 9.17) is 25.8 Å². The third kappa shape index (κ3) is 3.08. The molecule has 3 aromatic carbocycles. The number of benzene rings is 3. The van der Waals surface area contributed by atoms with Crippen molar-refractivity contribution in [2.24, 2.45) is 0 Å². The zero-order valence-corrected chi connectivity index (χ0v) is 17.0. The lowest BCUT2D eigenvalue weighted by molar-refractivity contribution is 0.172. The predicted octanol–water partition coefficient (Wildman–Crippen LogP) is 5.30. The summed E-state index contributed by atoms with van der Waals surface area (Å²) in [6.45, 7) is 0.962. The van der Waals surface area contributed by atoms with Crippen molar-refractivity contribution in [3.8, 4) is 39.5 Å². The van der Waals surface area contributed by atoms with Crippen LogP contribution < -0.4 is 19.8 Å². The van der Waals surface area contributed by atoms with Crippen molar-refractivity contribution in [1.29, 1.82) is 0 Å². The molecule has 5 rings (SSSR count). The van der Waals surface area contributed by atoms with Crippen LogP contribution in [0.4, 0.5) is 0 Å². The van der Waals surface area contributed by atoms with Gasteiger partial charge in [0.2, 0.25) is 0 Å². The number of methoxy groups -OCH3 is 1. The molecule has 0 unspecified atom stereocenters. The van der Waals surface area contributed by atoms with E-state index in [1.165, 1.54) is 0 Å². The molecule has 0 spiro atoms. The summed E-state index contributed by atoms with van der Waals surface area (Å²) in [5.74, 6) is 1.90. The first-order valence-electron chi connectivity index (χ1n) is 9.54. The highest BCUT2D eigenvalue weighted by Crippen LogP contribution is 2.42. The zero-order valence-electron chi connectivity index (χ0n) is 16.2. The minimum atomic E-state index is -0.214. The van der Waals surface area contributed by atoms with Crippen LogP contribution in [-0.2, 0) is 0 Å². The second kappa shape index (κ2) is 7.43. The second-order valence-electron chi connectivity index (χ2n) is 6.95. The minimum absolute atomic E-state index is 0.214. The summed E-state index contributed by atoms with van der Waals surface area (Å²) < 4.78 is 17.0. The highest BCUT2D eigenvalue weighted by molar-refractivity contribution is 6.30. The Bertz CT molecular complexity index is 1310. The number of hydrogen-bond acceptors (Lipinski definition) is 4. The fourth-order valence-electron chi connectivity index (χ4n) is 3.86. The SMILES string of the molecule is COc1ccccc1-c1c(-c2ccc(Cl)cc2)c2cc3c(cc2[nH]c1=O)OCCO3. The minimum Gasteiger partial charge on any atom is -0.496 e. The highest BCUT2D eigenvalue weighted by atomic mass is 35.5. The Balaban J connectivity index is 1.91. The summed E-state index contributed by atoms with van der Waals surface area (Å²) in [7, 11) is 1.59. The van der Waals surface area contributed by atoms with Crippen LogP contribution in [0.1, 0.15) is 0 Å². The van der Waals surface area contributed by atoms with E-state index in [0.717, 1.165) is 16.5 Å². The van der Waals surface area contributed by atoms with Crippen LogP contribution in [0.15, 0.2) is 65.5 Å². The summed E-state index contributed by atoms with van der Waals surface area (Å²) >= 11 is 6.12. The molecule has 6 heteroatoms. The van der Waals surface area contributed by atoms with Crippen molar-refractivity contribution < 1.29 is 14.2 Å². The first kappa shape index (κ1) is 18.6. The van der Waals surface area contributed by atoms with E-state index < -0.39 is 0 Å². The monoisotopic (exact) mass is 419 g/mol. The number of hydrogen-bond donors (Lipinski definition) is 1. The molecule has 0 saturated carbocycles. The van der Waals surface area contributed by atoms with E-state index in [1.807, 2.05) is 60.7 Å². The van der Waals surface area contributed by atoms with E-state index in [0.29, 0.717) is 52.1 Å². The summed E-state index contributed by atoms with van der Waals surface area (Å²) in [5.41, 5.74) is 3.35. The third-order valence-corrected chi connectivity index (χ3v) is 5.44. The Morgan fingerprint density at radius 3 is 2.37 bits per heavy atom. The van der Waals surface area contributed by atoms with Gasteiger partial charge in [0.15, 0.2) is 11.5 Å². The molecule has 0 radical (unpaired) electrons. The normalized spacial score (nSPS) is 12.7. The van der Waals surface area contributed by atoms with Crippen molar-refractivity contribution in [2.45, 2.75) is 0 Å². The average molecular weight is 420 g/mol. The van der Waals surface area contributed by atoms with Gasteiger partial charge in [-0.15, -0.1) is 0 Å². The van der Waals surface area contributed by atoms with Gasteiger partial charge in [0.05, 0.1) is 18.2 Å². The smallest absolute Gasteiger partial charge is 0.257 e. The fourth-order valence-corrected chi connectivity index (χ4v) is 3.98. The lowest BCUT2D eigenvalue weighted by Crippen LogP contribution is -2.16. The predicted molar refractivity (Wildman–Crippen MR) is 118 cm³/mol. The standard InChI is InChI=1S/C24H18ClNO4/c1-28-19-5-3-2-4-16(19)23-22(14-6-8-15(25)9-7-14)17-12-20-21(30-11-10-29-20)13-18(17)26-24(23)27/h2-9,12-13H,10-11H2,1H3,(H,26,27). The number of para-hydroxylation sites is 1. The number of nitrogens with one attached hydrogen (secondary N) is 1. The van der Waals surface area contributed by atoms with E-state index in [9.17, 15) is 4.79 Å². The number of fused-ring (bicyclic) bond motifs is 2. The molecule has 5 nitrogen and oxygen atoms in total. The lowest BCUT2D eigenvalue weighted by atomic mass is 9.91. The van der Waals surface area contributed by atoms with Gasteiger partial charge in [-0.05, 0) is 29.8 Å². The maximum Gasteiger partial charge on any atom is 0.257 e. The zero-order chi connectivity index (χ0) is 20.7. The second-order valence-corrected chi connectivity index (χ2v) is 7.39. The summed E-state index contributed by atoms with van der Waals surface area (Å²) in [4.78, 5) is 16.3. The molecule has 0 bridgehead atoms. The molecule has 30 heavy (non-hydrogen) atoms. The number of ether oxygens (including phenoxy) is 3. The Morgan fingerprint density at radius 1 is 0.933 bits per heavy atom. The number of aromatic amines is 1. The number of halogens is 1. The third-order valence-electron chi connectivity index (χ3n) is 5.19. The molecule has 2 heterocycles. The van der Waals surface area contributed by atoms with Crippen LogP contribution in [0, 0.1) is 0 Å². The van der Waals surface area contributed by atoms with Crippen LogP contribution in [0.25, 0.3) is 33.2 Å². The maximum atomic E-state index is 13.3. The molecule has 0 atom stereocenters. The topological polar surface area (TPSA) is 60.6 Å². The number of pyridine rings is 1. The highest BCUT2D eigenvalue weighted by Gasteiger charge is 2.22. The quantitative estimate of drug-likeness (QED) is 0.489. The van der Waals surface area contributed by atoms with E-state index >= 15 is 0 Å². The van der Waals surface area contributed by atoms with E-state index in [-0.39, 0.29) is 5.56 Å². The van der Waals surface area contributed by atoms with Crippen LogP contribution in [0.2, 0.25) is 5.02 Å². The lowest BCUT2D eigenvalue weighted by Gasteiger charge is -2.21. The molecule has 1 aliphatic rings. The molecule has 0 aliphatic carbocycles. The van der Waals surface area contributed by atoms with Gasteiger partial charge in [0.25, 0.3) is 5.56 Å². The van der Waals surface area contributed by atoms with Crippen molar-refractivity contribution in [2.75, 3.05) is 20.3 Å². The first-order chi connectivity index (χ1) is 14.7. The molecular formula is C24H18ClNO4. The van der Waals surface area contributed by atoms with Gasteiger partial charge in [-0.25, -0.2) is 0 Å². The van der Waals surface area contributed by atoms with Crippen LogP contribution >= 0.6 is 11.6 Å². The Labute approximate surface area is 177 Å². The molecule has 1 N–H and O–H groups in total. The fraction of sp³-hybridized carbons (Fsp3) is 0.125. The number of H-pyrrole nitrogens is 1. The van der Waals surface area contributed by atoms with Crippen molar-refractivity contribution in [3.05, 3.63) is 76.0 Å². The van der Waals surface area contributed by atoms with Crippen LogP contribution in [0.3, 0.4) is 0 Å². The van der Waals surface area contributed by atoms with Crippen molar-refractivity contribution >= 4 is 22.5 Å².